The van der Waals surface area contributed by atoms with Crippen LogP contribution in [-0.2, 0) is 17.5 Å². The number of para-hydroxylation sites is 1. The lowest BCUT2D eigenvalue weighted by Crippen LogP contribution is -2.58. The summed E-state index contributed by atoms with van der Waals surface area (Å²) in [5.41, 5.74) is -1.73. The summed E-state index contributed by atoms with van der Waals surface area (Å²) < 4.78 is 57.7. The van der Waals surface area contributed by atoms with E-state index in [1.807, 2.05) is 13.8 Å². The smallest absolute Gasteiger partial charge is 0.423 e. The first kappa shape index (κ1) is 24.4. The van der Waals surface area contributed by atoms with Crippen molar-refractivity contribution in [3.8, 4) is 5.75 Å². The lowest BCUT2D eigenvalue weighted by atomic mass is 10.1. The molecule has 2 aromatic carbocycles. The van der Waals surface area contributed by atoms with E-state index in [0.29, 0.717) is 25.7 Å². The Morgan fingerprint density at radius 2 is 1.79 bits per heavy atom. The minimum absolute atomic E-state index is 0.0434. The van der Waals surface area contributed by atoms with Crippen LogP contribution in [0.2, 0.25) is 0 Å². The number of alkyl halides is 3. The highest BCUT2D eigenvalue weighted by molar-refractivity contribution is 5.78. The lowest BCUT2D eigenvalue weighted by Gasteiger charge is -2.44. The van der Waals surface area contributed by atoms with Gasteiger partial charge in [0.25, 0.3) is 5.91 Å². The van der Waals surface area contributed by atoms with Gasteiger partial charge >= 0.3 is 11.9 Å². The molecule has 0 N–H and O–H groups in total. The van der Waals surface area contributed by atoms with Gasteiger partial charge in [-0.25, -0.2) is 4.39 Å². The number of amides is 1. The lowest BCUT2D eigenvalue weighted by molar-refractivity contribution is -0.389. The number of halogens is 4. The molecular weight excluding hydrogens is 446 g/mol. The number of nitrogens with zero attached hydrogens (tertiary/aromatic N) is 3. The van der Waals surface area contributed by atoms with Crippen LogP contribution in [0.5, 0.6) is 5.75 Å². The summed E-state index contributed by atoms with van der Waals surface area (Å²) in [7, 11) is 0. The largest absolute Gasteiger partial charge is 0.477 e. The summed E-state index contributed by atoms with van der Waals surface area (Å²) in [5.74, 6) is -1.42. The van der Waals surface area contributed by atoms with E-state index < -0.39 is 40.6 Å². The number of benzene rings is 2. The zero-order valence-corrected chi connectivity index (χ0v) is 18.0. The van der Waals surface area contributed by atoms with Crippen LogP contribution >= 0.6 is 0 Å². The zero-order valence-electron chi connectivity index (χ0n) is 18.0. The van der Waals surface area contributed by atoms with Crippen molar-refractivity contribution in [3.63, 3.8) is 0 Å². The zero-order chi connectivity index (χ0) is 24.3. The maximum atomic E-state index is 13.1. The number of nitro groups is 1. The van der Waals surface area contributed by atoms with Crippen molar-refractivity contribution in [2.24, 2.45) is 0 Å². The number of hydrogen-bond donors (Lipinski definition) is 0. The Hall–Kier alpha value is -3.21. The monoisotopic (exact) mass is 469 g/mol. The maximum Gasteiger partial charge on any atom is 0.423 e. The van der Waals surface area contributed by atoms with Gasteiger partial charge in [-0.05, 0) is 43.7 Å². The van der Waals surface area contributed by atoms with Gasteiger partial charge in [-0.15, -0.1) is 0 Å². The highest BCUT2D eigenvalue weighted by Gasteiger charge is 2.40. The van der Waals surface area contributed by atoms with E-state index in [9.17, 15) is 32.5 Å². The summed E-state index contributed by atoms with van der Waals surface area (Å²) >= 11 is 0. The van der Waals surface area contributed by atoms with Crippen LogP contribution in [0.4, 0.5) is 23.2 Å². The van der Waals surface area contributed by atoms with E-state index in [4.69, 9.17) is 4.74 Å². The van der Waals surface area contributed by atoms with Gasteiger partial charge in [0.05, 0.1) is 4.92 Å². The second kappa shape index (κ2) is 9.74. The van der Waals surface area contributed by atoms with Crippen molar-refractivity contribution in [2.75, 3.05) is 19.7 Å². The van der Waals surface area contributed by atoms with Crippen LogP contribution in [0.1, 0.15) is 25.0 Å². The Kier molecular flexibility index (Phi) is 7.21. The normalized spacial score (nSPS) is 19.4. The Bertz CT molecular complexity index is 1010. The topological polar surface area (TPSA) is 75.9 Å². The van der Waals surface area contributed by atoms with Crippen LogP contribution in [0.15, 0.2) is 42.5 Å². The van der Waals surface area contributed by atoms with Crippen LogP contribution in [0, 0.1) is 15.9 Å². The number of ether oxygens (including phenoxy) is 1. The van der Waals surface area contributed by atoms with E-state index in [-0.39, 0.29) is 17.9 Å². The van der Waals surface area contributed by atoms with Crippen molar-refractivity contribution in [1.82, 2.24) is 9.80 Å². The molecule has 2 unspecified atom stereocenters. The molecule has 178 valence electrons. The number of hydrogen-bond acceptors (Lipinski definition) is 5. The van der Waals surface area contributed by atoms with E-state index in [1.165, 1.54) is 12.1 Å². The third-order valence-corrected chi connectivity index (χ3v) is 5.57. The highest BCUT2D eigenvalue weighted by atomic mass is 19.4. The van der Waals surface area contributed by atoms with Gasteiger partial charge in [-0.2, -0.15) is 13.2 Å². The fourth-order valence-electron chi connectivity index (χ4n) is 3.87. The van der Waals surface area contributed by atoms with Gasteiger partial charge in [0.2, 0.25) is 0 Å². The summed E-state index contributed by atoms with van der Waals surface area (Å²) in [4.78, 5) is 26.5. The molecule has 0 radical (unpaired) electrons. The summed E-state index contributed by atoms with van der Waals surface area (Å²) in [5, 5.41) is 11.2. The van der Waals surface area contributed by atoms with Crippen LogP contribution in [-0.4, -0.2) is 52.4 Å². The third-order valence-electron chi connectivity index (χ3n) is 5.57. The standard InChI is InChI=1S/C22H23F4N3O4/c1-14-11-28(15(2)10-27(14)12-16-6-8-17(23)9-7-16)20(30)13-33-19-5-3-4-18(22(24,25)26)21(19)29(31)32/h3-9,14-15H,10-13H2,1-2H3. The van der Waals surface area contributed by atoms with Crippen molar-refractivity contribution < 1.29 is 32.0 Å². The maximum absolute atomic E-state index is 13.1. The molecule has 0 spiro atoms. The summed E-state index contributed by atoms with van der Waals surface area (Å²) in [6.45, 7) is 4.56. The number of nitro benzene ring substituents is 1. The molecule has 0 aliphatic carbocycles. The minimum atomic E-state index is -4.93. The molecule has 1 fully saturated rings. The molecule has 2 atom stereocenters. The molecule has 11 heteroatoms. The minimum Gasteiger partial charge on any atom is -0.477 e. The first-order valence-electron chi connectivity index (χ1n) is 10.2. The second-order valence-electron chi connectivity index (χ2n) is 8.00. The van der Waals surface area contributed by atoms with Crippen molar-refractivity contribution in [1.29, 1.82) is 0 Å². The molecule has 2 aromatic rings. The molecule has 0 bridgehead atoms. The SMILES string of the molecule is CC1CN(C(=O)COc2cccc(C(F)(F)F)c2[N+](=O)[O-])C(C)CN1Cc1ccc(F)cc1. The molecule has 33 heavy (non-hydrogen) atoms. The number of rotatable bonds is 6. The number of carbonyl (C=O) groups excluding carboxylic acids is 1. The fraction of sp³-hybridized carbons (Fsp3) is 0.409. The molecule has 1 heterocycles. The fourth-order valence-corrected chi connectivity index (χ4v) is 3.87. The van der Waals surface area contributed by atoms with Gasteiger partial charge in [0.1, 0.15) is 11.4 Å². The number of carbonyl (C=O) groups is 1. The first-order valence-corrected chi connectivity index (χ1v) is 10.2. The number of piperazine rings is 1. The third kappa shape index (κ3) is 5.78. The summed E-state index contributed by atoms with van der Waals surface area (Å²) in [6.07, 6.45) is -4.93. The molecule has 1 saturated heterocycles. The molecule has 7 nitrogen and oxygen atoms in total. The van der Waals surface area contributed by atoms with Crippen LogP contribution in [0.3, 0.4) is 0 Å². The van der Waals surface area contributed by atoms with Gasteiger partial charge in [-0.3, -0.25) is 19.8 Å². The van der Waals surface area contributed by atoms with Crippen LogP contribution < -0.4 is 4.74 Å². The van der Waals surface area contributed by atoms with E-state index in [1.54, 1.807) is 17.0 Å². The van der Waals surface area contributed by atoms with Gasteiger partial charge in [0, 0.05) is 31.7 Å². The van der Waals surface area contributed by atoms with Crippen LogP contribution in [0.25, 0.3) is 0 Å². The molecule has 0 aromatic heterocycles. The van der Waals surface area contributed by atoms with E-state index >= 15 is 0 Å². The molecule has 1 aliphatic rings. The molecule has 0 saturated carbocycles. The average molecular weight is 469 g/mol. The Morgan fingerprint density at radius 3 is 2.39 bits per heavy atom. The Morgan fingerprint density at radius 1 is 1.12 bits per heavy atom. The first-order chi connectivity index (χ1) is 15.5. The van der Waals surface area contributed by atoms with Gasteiger partial charge < -0.3 is 9.64 Å². The van der Waals surface area contributed by atoms with E-state index in [2.05, 4.69) is 4.90 Å². The molecule has 3 rings (SSSR count). The predicted molar refractivity (Wildman–Crippen MR) is 111 cm³/mol. The quantitative estimate of drug-likeness (QED) is 0.359. The molecular formula is C22H23F4N3O4. The molecule has 1 amide bonds. The molecule has 1 aliphatic heterocycles. The Balaban J connectivity index is 1.66. The van der Waals surface area contributed by atoms with Gasteiger partial charge in [0.15, 0.2) is 12.4 Å². The van der Waals surface area contributed by atoms with Crippen molar-refractivity contribution in [2.45, 2.75) is 38.7 Å². The Labute approximate surface area is 187 Å². The van der Waals surface area contributed by atoms with Crippen molar-refractivity contribution in [3.05, 3.63) is 69.5 Å². The van der Waals surface area contributed by atoms with Gasteiger partial charge in [-0.1, -0.05) is 18.2 Å². The van der Waals surface area contributed by atoms with Crippen molar-refractivity contribution >= 4 is 11.6 Å². The average Bonchev–Trinajstić information content (AvgIpc) is 2.74. The van der Waals surface area contributed by atoms with E-state index in [0.717, 1.165) is 17.7 Å². The predicted octanol–water partition coefficient (Wildman–Crippen LogP) is 4.25. The summed E-state index contributed by atoms with van der Waals surface area (Å²) in [6, 6.07) is 8.51. The second-order valence-corrected chi connectivity index (χ2v) is 8.00. The highest BCUT2D eigenvalue weighted by Crippen LogP contribution is 2.41.